The molecule has 0 aromatic carbocycles. The molecule has 3 aromatic rings. The van der Waals surface area contributed by atoms with Crippen LogP contribution in [0.15, 0.2) is 24.7 Å². The quantitative estimate of drug-likeness (QED) is 0.528. The number of carboxylic acid groups (broad SMARTS) is 1. The third-order valence-electron chi connectivity index (χ3n) is 7.43. The van der Waals surface area contributed by atoms with Crippen molar-refractivity contribution in [2.24, 2.45) is 5.92 Å². The summed E-state index contributed by atoms with van der Waals surface area (Å²) in [4.78, 5) is 31.2. The number of fused-ring (bicyclic) bond motifs is 3. The number of ether oxygens (including phenoxy) is 1. The molecule has 1 amide bonds. The molecule has 3 aromatic heterocycles. The standard InChI is InChI=1S/C23H25F2N7O4/c24-20(25)19-17(10-32(29-19)13-3-1-12(2-4-13)23(34)35)27-22(33)16-8-26-31-6-5-18(28-21(16)31)30-9-15-7-14(30)11-36-15/h5-6,8,10,12-15,20H,1-4,7,9,11H2,(H,27,33)(H,34,35)/t12-,13-,14-,15?/m1/s1. The van der Waals surface area contributed by atoms with Crippen molar-refractivity contribution in [1.29, 1.82) is 0 Å². The molecule has 0 spiro atoms. The highest BCUT2D eigenvalue weighted by Gasteiger charge is 2.39. The molecular weight excluding hydrogens is 476 g/mol. The Hall–Kier alpha value is -3.61. The minimum atomic E-state index is -2.89. The molecule has 2 saturated heterocycles. The molecule has 13 heteroatoms. The first kappa shape index (κ1) is 22.8. The molecule has 3 aliphatic rings. The maximum Gasteiger partial charge on any atom is 0.306 e. The number of alkyl halides is 2. The topological polar surface area (TPSA) is 127 Å². The van der Waals surface area contributed by atoms with Gasteiger partial charge < -0.3 is 20.1 Å². The fourth-order valence-corrected chi connectivity index (χ4v) is 5.49. The molecule has 0 radical (unpaired) electrons. The zero-order valence-corrected chi connectivity index (χ0v) is 19.3. The molecule has 190 valence electrons. The Labute approximate surface area is 204 Å². The van der Waals surface area contributed by atoms with Crippen LogP contribution in [0.5, 0.6) is 0 Å². The minimum Gasteiger partial charge on any atom is -0.481 e. The number of hydrogen-bond donors (Lipinski definition) is 2. The van der Waals surface area contributed by atoms with E-state index >= 15 is 0 Å². The van der Waals surface area contributed by atoms with Crippen molar-refractivity contribution in [3.05, 3.63) is 35.9 Å². The monoisotopic (exact) mass is 501 g/mol. The second-order valence-corrected chi connectivity index (χ2v) is 9.62. The van der Waals surface area contributed by atoms with E-state index in [9.17, 15) is 23.5 Å². The Morgan fingerprint density at radius 3 is 2.67 bits per heavy atom. The average molecular weight is 501 g/mol. The van der Waals surface area contributed by atoms with Crippen molar-refractivity contribution in [3.63, 3.8) is 0 Å². The number of anilines is 2. The highest BCUT2D eigenvalue weighted by Crippen LogP contribution is 2.35. The number of aliphatic carboxylic acids is 1. The molecule has 36 heavy (non-hydrogen) atoms. The van der Waals surface area contributed by atoms with Crippen LogP contribution in [0.1, 0.15) is 60.6 Å². The molecule has 2 bridgehead atoms. The number of amides is 1. The molecule has 1 aliphatic carbocycles. The summed E-state index contributed by atoms with van der Waals surface area (Å²) in [5.74, 6) is -1.17. The van der Waals surface area contributed by atoms with Crippen molar-refractivity contribution in [2.75, 3.05) is 23.4 Å². The van der Waals surface area contributed by atoms with Crippen LogP contribution in [-0.4, -0.2) is 66.7 Å². The number of carbonyl (C=O) groups is 2. The summed E-state index contributed by atoms with van der Waals surface area (Å²) in [6.07, 6.45) is 4.64. The normalized spacial score (nSPS) is 25.7. The molecule has 2 atom stereocenters. The van der Waals surface area contributed by atoms with E-state index in [1.807, 2.05) is 6.07 Å². The van der Waals surface area contributed by atoms with Gasteiger partial charge in [-0.2, -0.15) is 10.2 Å². The summed E-state index contributed by atoms with van der Waals surface area (Å²) in [5, 5.41) is 20.0. The van der Waals surface area contributed by atoms with Gasteiger partial charge in [0.25, 0.3) is 12.3 Å². The number of nitrogens with zero attached hydrogens (tertiary/aromatic N) is 6. The van der Waals surface area contributed by atoms with Crippen LogP contribution in [0.25, 0.3) is 5.65 Å². The maximum absolute atomic E-state index is 13.8. The van der Waals surface area contributed by atoms with Gasteiger partial charge in [-0.15, -0.1) is 0 Å². The first-order valence-corrected chi connectivity index (χ1v) is 12.0. The third kappa shape index (κ3) is 3.96. The number of aromatic nitrogens is 5. The lowest BCUT2D eigenvalue weighted by Gasteiger charge is -2.27. The number of carboxylic acids is 1. The van der Waals surface area contributed by atoms with Gasteiger partial charge in [0.15, 0.2) is 11.3 Å². The van der Waals surface area contributed by atoms with Crippen LogP contribution in [0.4, 0.5) is 20.3 Å². The highest BCUT2D eigenvalue weighted by atomic mass is 19.3. The minimum absolute atomic E-state index is 0.0835. The van der Waals surface area contributed by atoms with E-state index < -0.39 is 29.9 Å². The van der Waals surface area contributed by atoms with Gasteiger partial charge in [-0.25, -0.2) is 18.3 Å². The van der Waals surface area contributed by atoms with E-state index in [4.69, 9.17) is 4.74 Å². The summed E-state index contributed by atoms with van der Waals surface area (Å²) in [6.45, 7) is 1.37. The zero-order valence-electron chi connectivity index (χ0n) is 19.3. The van der Waals surface area contributed by atoms with E-state index in [2.05, 4.69) is 25.4 Å². The van der Waals surface area contributed by atoms with Crippen LogP contribution >= 0.6 is 0 Å². The fourth-order valence-electron chi connectivity index (χ4n) is 5.49. The molecular formula is C23H25F2N7O4. The molecule has 2 N–H and O–H groups in total. The molecule has 5 heterocycles. The van der Waals surface area contributed by atoms with E-state index in [0.717, 1.165) is 13.0 Å². The Morgan fingerprint density at radius 2 is 2.00 bits per heavy atom. The van der Waals surface area contributed by atoms with Gasteiger partial charge in [0.05, 0.1) is 42.6 Å². The molecule has 11 nitrogen and oxygen atoms in total. The largest absolute Gasteiger partial charge is 0.481 e. The summed E-state index contributed by atoms with van der Waals surface area (Å²) in [6, 6.07) is 1.88. The summed E-state index contributed by atoms with van der Waals surface area (Å²) in [7, 11) is 0. The predicted octanol–water partition coefficient (Wildman–Crippen LogP) is 2.91. The lowest BCUT2D eigenvalue weighted by atomic mass is 9.86. The lowest BCUT2D eigenvalue weighted by Crippen LogP contribution is -2.37. The number of rotatable bonds is 6. The van der Waals surface area contributed by atoms with Crippen molar-refractivity contribution < 1.29 is 28.2 Å². The van der Waals surface area contributed by atoms with Gasteiger partial charge in [-0.05, 0) is 38.2 Å². The SMILES string of the molecule is O=C(Nc1cn([C@H]2CC[C@H](C(=O)O)CC2)nc1C(F)F)c1cnn2ccc(N3CC4C[C@@H]3CO4)nc12. The third-order valence-corrected chi connectivity index (χ3v) is 7.43. The van der Waals surface area contributed by atoms with E-state index in [-0.39, 0.29) is 29.4 Å². The van der Waals surface area contributed by atoms with Gasteiger partial charge in [0.2, 0.25) is 0 Å². The molecule has 6 rings (SSSR count). The molecule has 2 aliphatic heterocycles. The Balaban J connectivity index is 1.23. The fraction of sp³-hybridized carbons (Fsp3) is 0.522. The second-order valence-electron chi connectivity index (χ2n) is 9.62. The summed E-state index contributed by atoms with van der Waals surface area (Å²) >= 11 is 0. The first-order valence-electron chi connectivity index (χ1n) is 12.0. The average Bonchev–Trinajstić information content (AvgIpc) is 3.66. The molecule has 1 saturated carbocycles. The van der Waals surface area contributed by atoms with Crippen LogP contribution in [0.3, 0.4) is 0 Å². The second kappa shape index (κ2) is 8.80. The number of halogens is 2. The van der Waals surface area contributed by atoms with Gasteiger partial charge in [-0.3, -0.25) is 14.3 Å². The van der Waals surface area contributed by atoms with Crippen LogP contribution in [0.2, 0.25) is 0 Å². The van der Waals surface area contributed by atoms with Gasteiger partial charge in [0.1, 0.15) is 11.4 Å². The van der Waals surface area contributed by atoms with Crippen LogP contribution in [0, 0.1) is 5.92 Å². The predicted molar refractivity (Wildman–Crippen MR) is 122 cm³/mol. The maximum atomic E-state index is 13.8. The Bertz CT molecular complexity index is 1320. The summed E-state index contributed by atoms with van der Waals surface area (Å²) in [5.41, 5.74) is -0.124. The number of hydrogen-bond acceptors (Lipinski definition) is 7. The van der Waals surface area contributed by atoms with Crippen LogP contribution < -0.4 is 10.2 Å². The van der Waals surface area contributed by atoms with Crippen molar-refractivity contribution in [2.45, 2.75) is 56.7 Å². The van der Waals surface area contributed by atoms with Crippen molar-refractivity contribution in [1.82, 2.24) is 24.4 Å². The Morgan fingerprint density at radius 1 is 1.19 bits per heavy atom. The number of nitrogens with one attached hydrogen (secondary N) is 1. The smallest absolute Gasteiger partial charge is 0.306 e. The lowest BCUT2D eigenvalue weighted by molar-refractivity contribution is -0.143. The molecule has 3 fully saturated rings. The van der Waals surface area contributed by atoms with Gasteiger partial charge in [-0.1, -0.05) is 0 Å². The molecule has 1 unspecified atom stereocenters. The summed E-state index contributed by atoms with van der Waals surface area (Å²) < 4.78 is 36.1. The first-order chi connectivity index (χ1) is 17.4. The van der Waals surface area contributed by atoms with E-state index in [1.165, 1.54) is 21.6 Å². The number of morpholine rings is 1. The Kier molecular flexibility index (Phi) is 5.58. The number of carbonyl (C=O) groups excluding carboxylic acids is 1. The van der Waals surface area contributed by atoms with Gasteiger partial charge >= 0.3 is 5.97 Å². The van der Waals surface area contributed by atoms with Crippen LogP contribution in [-0.2, 0) is 9.53 Å². The van der Waals surface area contributed by atoms with Crippen molar-refractivity contribution in [3.8, 4) is 0 Å². The highest BCUT2D eigenvalue weighted by molar-refractivity contribution is 6.08. The zero-order chi connectivity index (χ0) is 25.0. The van der Waals surface area contributed by atoms with Crippen molar-refractivity contribution >= 4 is 29.0 Å². The van der Waals surface area contributed by atoms with E-state index in [1.54, 1.807) is 6.20 Å². The van der Waals surface area contributed by atoms with Gasteiger partial charge in [0, 0.05) is 18.9 Å². The van der Waals surface area contributed by atoms with E-state index in [0.29, 0.717) is 43.8 Å².